The summed E-state index contributed by atoms with van der Waals surface area (Å²) >= 11 is 3.50. The van der Waals surface area contributed by atoms with E-state index >= 15 is 0 Å². The molecule has 1 heterocycles. The van der Waals surface area contributed by atoms with Gasteiger partial charge in [0, 0.05) is 23.8 Å². The molecule has 1 saturated carbocycles. The lowest BCUT2D eigenvalue weighted by Crippen LogP contribution is -2.27. The third-order valence-corrected chi connectivity index (χ3v) is 3.86. The normalized spacial score (nSPS) is 15.2. The first kappa shape index (κ1) is 11.9. The van der Waals surface area contributed by atoms with Crippen LogP contribution in [0.3, 0.4) is 0 Å². The minimum absolute atomic E-state index is 0.914. The molecule has 1 aromatic heterocycles. The van der Waals surface area contributed by atoms with Crippen molar-refractivity contribution >= 4 is 21.7 Å². The molecule has 0 spiro atoms. The van der Waals surface area contributed by atoms with Crippen molar-refractivity contribution in [2.24, 2.45) is 5.92 Å². The molecular formula is C13H19BrN2. The summed E-state index contributed by atoms with van der Waals surface area (Å²) < 4.78 is 1.10. The van der Waals surface area contributed by atoms with Crippen LogP contribution in [-0.4, -0.2) is 18.1 Å². The van der Waals surface area contributed by atoms with Gasteiger partial charge in [0.2, 0.25) is 0 Å². The third kappa shape index (κ3) is 2.97. The predicted molar refractivity (Wildman–Crippen MR) is 71.9 cm³/mol. The Bertz CT molecular complexity index is 361. The number of anilines is 1. The van der Waals surface area contributed by atoms with Gasteiger partial charge in [0.25, 0.3) is 0 Å². The van der Waals surface area contributed by atoms with Gasteiger partial charge in [-0.3, -0.25) is 0 Å². The number of nitrogens with zero attached hydrogens (tertiary/aromatic N) is 2. The average molecular weight is 283 g/mol. The van der Waals surface area contributed by atoms with Crippen LogP contribution in [0.5, 0.6) is 0 Å². The zero-order valence-electron chi connectivity index (χ0n) is 10.0. The summed E-state index contributed by atoms with van der Waals surface area (Å²) in [5.74, 6) is 2.05. The second-order valence-corrected chi connectivity index (χ2v) is 5.54. The van der Waals surface area contributed by atoms with Gasteiger partial charge in [-0.05, 0) is 59.7 Å². The number of rotatable bonds is 5. The lowest BCUT2D eigenvalue weighted by atomic mass is 10.2. The first-order chi connectivity index (χ1) is 7.70. The molecule has 0 amide bonds. The number of aryl methyl sites for hydroxylation is 1. The maximum atomic E-state index is 4.52. The van der Waals surface area contributed by atoms with Crippen molar-refractivity contribution in [1.82, 2.24) is 4.98 Å². The van der Waals surface area contributed by atoms with Crippen molar-refractivity contribution in [3.05, 3.63) is 22.3 Å². The maximum Gasteiger partial charge on any atom is 0.128 e. The van der Waals surface area contributed by atoms with Gasteiger partial charge < -0.3 is 4.90 Å². The van der Waals surface area contributed by atoms with Gasteiger partial charge in [-0.15, -0.1) is 0 Å². The number of halogens is 1. The van der Waals surface area contributed by atoms with Gasteiger partial charge in [0.05, 0.1) is 0 Å². The van der Waals surface area contributed by atoms with Crippen molar-refractivity contribution < 1.29 is 0 Å². The molecule has 0 aliphatic heterocycles. The molecule has 0 unspecified atom stereocenters. The van der Waals surface area contributed by atoms with Gasteiger partial charge in [-0.25, -0.2) is 4.98 Å². The van der Waals surface area contributed by atoms with Gasteiger partial charge in [-0.2, -0.15) is 0 Å². The van der Waals surface area contributed by atoms with Crippen molar-refractivity contribution in [3.8, 4) is 0 Å². The quantitative estimate of drug-likeness (QED) is 0.817. The minimum Gasteiger partial charge on any atom is -0.356 e. The van der Waals surface area contributed by atoms with E-state index in [1.54, 1.807) is 0 Å². The second-order valence-electron chi connectivity index (χ2n) is 4.68. The maximum absolute atomic E-state index is 4.52. The fraction of sp³-hybridized carbons (Fsp3) is 0.615. The lowest BCUT2D eigenvalue weighted by molar-refractivity contribution is 0.698. The number of pyridine rings is 1. The van der Waals surface area contributed by atoms with E-state index in [2.05, 4.69) is 45.7 Å². The molecule has 1 aromatic rings. The van der Waals surface area contributed by atoms with Gasteiger partial charge >= 0.3 is 0 Å². The van der Waals surface area contributed by atoms with E-state index in [1.165, 1.54) is 31.4 Å². The highest BCUT2D eigenvalue weighted by atomic mass is 79.9. The molecule has 0 bridgehead atoms. The Labute approximate surface area is 106 Å². The lowest BCUT2D eigenvalue weighted by Gasteiger charge is -2.23. The Kier molecular flexibility index (Phi) is 3.85. The number of hydrogen-bond donors (Lipinski definition) is 0. The monoisotopic (exact) mass is 282 g/mol. The van der Waals surface area contributed by atoms with Crippen LogP contribution in [0.2, 0.25) is 0 Å². The van der Waals surface area contributed by atoms with Crippen LogP contribution < -0.4 is 4.90 Å². The molecule has 1 aliphatic rings. The summed E-state index contributed by atoms with van der Waals surface area (Å²) in [7, 11) is 0. The van der Waals surface area contributed by atoms with Crippen molar-refractivity contribution in [2.75, 3.05) is 18.0 Å². The summed E-state index contributed by atoms with van der Waals surface area (Å²) in [6, 6.07) is 2.18. The summed E-state index contributed by atoms with van der Waals surface area (Å²) in [6.45, 7) is 6.65. The Morgan fingerprint density at radius 1 is 1.50 bits per heavy atom. The van der Waals surface area contributed by atoms with E-state index in [4.69, 9.17) is 0 Å². The highest BCUT2D eigenvalue weighted by Gasteiger charge is 2.24. The smallest absolute Gasteiger partial charge is 0.128 e. The Morgan fingerprint density at radius 2 is 2.25 bits per heavy atom. The van der Waals surface area contributed by atoms with Crippen LogP contribution in [0.4, 0.5) is 5.82 Å². The predicted octanol–water partition coefficient (Wildman–Crippen LogP) is 3.78. The second kappa shape index (κ2) is 5.17. The Hall–Kier alpha value is -0.570. The first-order valence-corrected chi connectivity index (χ1v) is 6.87. The van der Waals surface area contributed by atoms with E-state index in [1.807, 2.05) is 6.20 Å². The molecule has 16 heavy (non-hydrogen) atoms. The molecule has 0 atom stereocenters. The molecule has 2 rings (SSSR count). The van der Waals surface area contributed by atoms with Gasteiger partial charge in [0.15, 0.2) is 0 Å². The highest BCUT2D eigenvalue weighted by Crippen LogP contribution is 2.31. The SMILES string of the molecule is CCCN(CC1CC1)c1cc(C)c(Br)cn1. The van der Waals surface area contributed by atoms with Gasteiger partial charge in [0.1, 0.15) is 5.82 Å². The summed E-state index contributed by atoms with van der Waals surface area (Å²) in [4.78, 5) is 6.95. The Morgan fingerprint density at radius 3 is 2.81 bits per heavy atom. The summed E-state index contributed by atoms with van der Waals surface area (Å²) in [5, 5.41) is 0. The molecule has 0 N–H and O–H groups in total. The zero-order chi connectivity index (χ0) is 11.5. The van der Waals surface area contributed by atoms with Crippen LogP contribution in [0.25, 0.3) is 0 Å². The van der Waals surface area contributed by atoms with E-state index < -0.39 is 0 Å². The molecule has 2 nitrogen and oxygen atoms in total. The van der Waals surface area contributed by atoms with Crippen LogP contribution in [0, 0.1) is 12.8 Å². The van der Waals surface area contributed by atoms with E-state index in [-0.39, 0.29) is 0 Å². The summed E-state index contributed by atoms with van der Waals surface area (Å²) in [5.41, 5.74) is 1.27. The number of aromatic nitrogens is 1. The zero-order valence-corrected chi connectivity index (χ0v) is 11.6. The molecule has 3 heteroatoms. The van der Waals surface area contributed by atoms with E-state index in [9.17, 15) is 0 Å². The largest absolute Gasteiger partial charge is 0.356 e. The molecule has 0 radical (unpaired) electrons. The Balaban J connectivity index is 2.12. The van der Waals surface area contributed by atoms with E-state index in [0.717, 1.165) is 22.8 Å². The fourth-order valence-electron chi connectivity index (χ4n) is 1.88. The molecule has 1 aliphatic carbocycles. The number of hydrogen-bond acceptors (Lipinski definition) is 2. The standard InChI is InChI=1S/C13H19BrN2/c1-3-6-16(9-11-4-5-11)13-7-10(2)12(14)8-15-13/h7-8,11H,3-6,9H2,1-2H3. The van der Waals surface area contributed by atoms with Crippen molar-refractivity contribution in [3.63, 3.8) is 0 Å². The minimum atomic E-state index is 0.914. The molecule has 0 saturated heterocycles. The van der Waals surface area contributed by atoms with Crippen LogP contribution in [0.15, 0.2) is 16.7 Å². The van der Waals surface area contributed by atoms with Crippen molar-refractivity contribution in [1.29, 1.82) is 0 Å². The first-order valence-electron chi connectivity index (χ1n) is 6.07. The highest BCUT2D eigenvalue weighted by molar-refractivity contribution is 9.10. The average Bonchev–Trinajstić information content (AvgIpc) is 3.05. The van der Waals surface area contributed by atoms with Crippen molar-refractivity contribution in [2.45, 2.75) is 33.1 Å². The third-order valence-electron chi connectivity index (χ3n) is 3.03. The fourth-order valence-corrected chi connectivity index (χ4v) is 2.10. The summed E-state index contributed by atoms with van der Waals surface area (Å²) in [6.07, 6.45) is 5.90. The van der Waals surface area contributed by atoms with Crippen LogP contribution in [-0.2, 0) is 0 Å². The molecule has 0 aromatic carbocycles. The molecule has 1 fully saturated rings. The van der Waals surface area contributed by atoms with Crippen LogP contribution in [0.1, 0.15) is 31.7 Å². The van der Waals surface area contributed by atoms with Crippen LogP contribution >= 0.6 is 15.9 Å². The molecular weight excluding hydrogens is 264 g/mol. The molecule has 88 valence electrons. The topological polar surface area (TPSA) is 16.1 Å². The van der Waals surface area contributed by atoms with E-state index in [0.29, 0.717) is 0 Å². The van der Waals surface area contributed by atoms with Gasteiger partial charge in [-0.1, -0.05) is 6.92 Å².